The molecule has 0 atom stereocenters. The van der Waals surface area contributed by atoms with Gasteiger partial charge in [0.05, 0.1) is 7.11 Å². The first-order valence-corrected chi connectivity index (χ1v) is 5.82. The monoisotopic (exact) mass is 280 g/mol. The van der Waals surface area contributed by atoms with Crippen LogP contribution in [-0.2, 0) is 6.42 Å². The van der Waals surface area contributed by atoms with Crippen molar-refractivity contribution in [2.24, 2.45) is 0 Å². The number of carbonyl (C=O) groups excluding carboxylic acids is 1. The number of methoxy groups -OCH3 is 1. The Hall–Kier alpha value is -2.01. The molecule has 1 aromatic heterocycles. The highest BCUT2D eigenvalue weighted by molar-refractivity contribution is 6.31. The number of hydrogen-bond donors (Lipinski definition) is 0. The van der Waals surface area contributed by atoms with Gasteiger partial charge in [-0.05, 0) is 12.1 Å². The molecule has 0 amide bonds. The van der Waals surface area contributed by atoms with Gasteiger partial charge in [0.2, 0.25) is 5.88 Å². The van der Waals surface area contributed by atoms with Crippen LogP contribution in [0.3, 0.4) is 0 Å². The number of ether oxygens (including phenoxy) is 1. The first-order chi connectivity index (χ1) is 9.13. The minimum atomic E-state index is -0.524. The van der Waals surface area contributed by atoms with Crippen LogP contribution in [-0.4, -0.2) is 22.9 Å². The predicted molar refractivity (Wildman–Crippen MR) is 68.0 cm³/mol. The van der Waals surface area contributed by atoms with Crippen LogP contribution in [0.15, 0.2) is 30.6 Å². The van der Waals surface area contributed by atoms with E-state index >= 15 is 0 Å². The maximum atomic E-state index is 13.6. The maximum absolute atomic E-state index is 13.6. The average molecular weight is 281 g/mol. The molecular weight excluding hydrogens is 271 g/mol. The van der Waals surface area contributed by atoms with Crippen LogP contribution < -0.4 is 4.74 Å². The number of halogens is 2. The Morgan fingerprint density at radius 3 is 2.79 bits per heavy atom. The second-order valence-electron chi connectivity index (χ2n) is 3.71. The molecule has 4 nitrogen and oxygen atoms in total. The fourth-order valence-corrected chi connectivity index (χ4v) is 1.84. The molecule has 1 heterocycles. The van der Waals surface area contributed by atoms with Crippen molar-refractivity contribution in [3.05, 3.63) is 52.7 Å². The zero-order chi connectivity index (χ0) is 13.8. The van der Waals surface area contributed by atoms with Crippen molar-refractivity contribution in [1.29, 1.82) is 0 Å². The molecule has 0 fully saturated rings. The van der Waals surface area contributed by atoms with Crippen molar-refractivity contribution in [3.63, 3.8) is 0 Å². The Kier molecular flexibility index (Phi) is 4.06. The number of benzene rings is 1. The van der Waals surface area contributed by atoms with Gasteiger partial charge < -0.3 is 4.74 Å². The second kappa shape index (κ2) is 5.75. The number of hydrogen-bond acceptors (Lipinski definition) is 4. The van der Waals surface area contributed by atoms with Crippen LogP contribution in [0.25, 0.3) is 0 Å². The number of aromatic nitrogens is 2. The lowest BCUT2D eigenvalue weighted by molar-refractivity contribution is 0.0983. The Bertz CT molecular complexity index is 599. The Morgan fingerprint density at radius 2 is 2.11 bits per heavy atom. The summed E-state index contributed by atoms with van der Waals surface area (Å²) in [7, 11) is 1.39. The zero-order valence-corrected chi connectivity index (χ0v) is 10.8. The molecule has 98 valence electrons. The number of rotatable bonds is 4. The summed E-state index contributed by atoms with van der Waals surface area (Å²) in [6, 6.07) is 4.26. The fourth-order valence-electron chi connectivity index (χ4n) is 1.61. The van der Waals surface area contributed by atoms with Crippen LogP contribution in [0.4, 0.5) is 4.39 Å². The normalized spacial score (nSPS) is 10.3. The van der Waals surface area contributed by atoms with E-state index in [0.29, 0.717) is 0 Å². The van der Waals surface area contributed by atoms with Gasteiger partial charge in [0.1, 0.15) is 5.82 Å². The van der Waals surface area contributed by atoms with Gasteiger partial charge >= 0.3 is 0 Å². The van der Waals surface area contributed by atoms with E-state index in [0.717, 1.165) is 0 Å². The Morgan fingerprint density at radius 1 is 1.37 bits per heavy atom. The lowest BCUT2D eigenvalue weighted by atomic mass is 10.1. The Labute approximate surface area is 114 Å². The SMILES string of the molecule is COc1nccnc1C(=O)Cc1c(F)cccc1Cl. The molecule has 0 spiro atoms. The lowest BCUT2D eigenvalue weighted by Crippen LogP contribution is -2.10. The van der Waals surface area contributed by atoms with Gasteiger partial charge in [-0.3, -0.25) is 4.79 Å². The standard InChI is InChI=1S/C13H10ClFN2O2/c1-19-13-12(16-5-6-17-13)11(18)7-8-9(14)3-2-4-10(8)15/h2-6H,7H2,1H3. The lowest BCUT2D eigenvalue weighted by Gasteiger charge is -2.07. The van der Waals surface area contributed by atoms with Crippen molar-refractivity contribution in [3.8, 4) is 5.88 Å². The summed E-state index contributed by atoms with van der Waals surface area (Å²) in [5.74, 6) is -0.819. The second-order valence-corrected chi connectivity index (χ2v) is 4.12. The first kappa shape index (κ1) is 13.4. The largest absolute Gasteiger partial charge is 0.479 e. The fraction of sp³-hybridized carbons (Fsp3) is 0.154. The summed E-state index contributed by atoms with van der Waals surface area (Å²) in [5, 5.41) is 0.205. The van der Waals surface area contributed by atoms with Gasteiger partial charge in [-0.25, -0.2) is 14.4 Å². The molecule has 19 heavy (non-hydrogen) atoms. The van der Waals surface area contributed by atoms with E-state index in [1.54, 1.807) is 0 Å². The van der Waals surface area contributed by atoms with Crippen molar-refractivity contribution in [1.82, 2.24) is 9.97 Å². The minimum Gasteiger partial charge on any atom is -0.479 e. The molecule has 1 aromatic carbocycles. The van der Waals surface area contributed by atoms with Crippen LogP contribution in [0.2, 0.25) is 5.02 Å². The number of carbonyl (C=O) groups is 1. The molecule has 0 unspecified atom stereocenters. The van der Waals surface area contributed by atoms with Gasteiger partial charge in [-0.15, -0.1) is 0 Å². The smallest absolute Gasteiger partial charge is 0.243 e. The van der Waals surface area contributed by atoms with Gasteiger partial charge in [-0.2, -0.15) is 0 Å². The van der Waals surface area contributed by atoms with E-state index in [-0.39, 0.29) is 28.6 Å². The number of nitrogens with zero attached hydrogens (tertiary/aromatic N) is 2. The van der Waals surface area contributed by atoms with Crippen LogP contribution in [0.5, 0.6) is 5.88 Å². The highest BCUT2D eigenvalue weighted by Crippen LogP contribution is 2.22. The first-order valence-electron chi connectivity index (χ1n) is 5.44. The average Bonchev–Trinajstić information content (AvgIpc) is 2.42. The van der Waals surface area contributed by atoms with E-state index in [1.807, 2.05) is 0 Å². The molecule has 0 radical (unpaired) electrons. The number of ketones is 1. The summed E-state index contributed by atoms with van der Waals surface area (Å²) in [6.07, 6.45) is 2.59. The molecule has 2 aromatic rings. The van der Waals surface area contributed by atoms with Crippen LogP contribution >= 0.6 is 11.6 Å². The third-order valence-corrected chi connectivity index (χ3v) is 2.88. The van der Waals surface area contributed by atoms with Crippen LogP contribution in [0.1, 0.15) is 16.1 Å². The number of Topliss-reactive ketones (excluding diaryl/α,β-unsaturated/α-hetero) is 1. The molecule has 6 heteroatoms. The van der Waals surface area contributed by atoms with E-state index in [2.05, 4.69) is 9.97 Å². The summed E-state index contributed by atoms with van der Waals surface area (Å²) >= 11 is 5.88. The molecule has 0 N–H and O–H groups in total. The molecule has 0 aliphatic rings. The molecule has 0 aliphatic heterocycles. The third kappa shape index (κ3) is 2.88. The Balaban J connectivity index is 2.31. The minimum absolute atomic E-state index is 0.0596. The molecule has 0 saturated heterocycles. The highest BCUT2D eigenvalue weighted by atomic mass is 35.5. The quantitative estimate of drug-likeness (QED) is 0.808. The van der Waals surface area contributed by atoms with Gasteiger partial charge in [0.25, 0.3) is 0 Å². The summed E-state index contributed by atoms with van der Waals surface area (Å²) in [5.41, 5.74) is 0.200. The topological polar surface area (TPSA) is 52.1 Å². The summed E-state index contributed by atoms with van der Waals surface area (Å²) < 4.78 is 18.5. The van der Waals surface area contributed by atoms with Gasteiger partial charge in [0, 0.05) is 29.4 Å². The van der Waals surface area contributed by atoms with Crippen molar-refractivity contribution in [2.75, 3.05) is 7.11 Å². The molecule has 0 bridgehead atoms. The molecule has 0 aliphatic carbocycles. The van der Waals surface area contributed by atoms with E-state index < -0.39 is 11.6 Å². The summed E-state index contributed by atoms with van der Waals surface area (Å²) in [4.78, 5) is 19.9. The molecular formula is C13H10ClFN2O2. The van der Waals surface area contributed by atoms with E-state index in [9.17, 15) is 9.18 Å². The van der Waals surface area contributed by atoms with Crippen molar-refractivity contribution >= 4 is 17.4 Å². The molecule has 2 rings (SSSR count). The van der Waals surface area contributed by atoms with Gasteiger partial charge in [-0.1, -0.05) is 17.7 Å². The van der Waals surface area contributed by atoms with Crippen molar-refractivity contribution < 1.29 is 13.9 Å². The van der Waals surface area contributed by atoms with Crippen LogP contribution in [0, 0.1) is 5.82 Å². The van der Waals surface area contributed by atoms with E-state index in [1.165, 1.54) is 37.7 Å². The molecule has 0 saturated carbocycles. The van der Waals surface area contributed by atoms with Crippen molar-refractivity contribution in [2.45, 2.75) is 6.42 Å². The van der Waals surface area contributed by atoms with Gasteiger partial charge in [0.15, 0.2) is 11.5 Å². The third-order valence-electron chi connectivity index (χ3n) is 2.52. The predicted octanol–water partition coefficient (Wildman–Crippen LogP) is 2.70. The van der Waals surface area contributed by atoms with E-state index in [4.69, 9.17) is 16.3 Å². The summed E-state index contributed by atoms with van der Waals surface area (Å²) in [6.45, 7) is 0. The highest BCUT2D eigenvalue weighted by Gasteiger charge is 2.18. The maximum Gasteiger partial charge on any atom is 0.243 e. The zero-order valence-electron chi connectivity index (χ0n) is 10.1.